The number of hydrogen-bond acceptors (Lipinski definition) is 2. The van der Waals surface area contributed by atoms with Gasteiger partial charge >= 0.3 is 6.18 Å². The van der Waals surface area contributed by atoms with Crippen LogP contribution in [0.1, 0.15) is 55.6 Å². The molecule has 2 nitrogen and oxygen atoms in total. The lowest BCUT2D eigenvalue weighted by molar-refractivity contribution is -0.173. The number of alkyl halides is 3. The number of carbonyl (C=O) groups is 1. The van der Waals surface area contributed by atoms with Gasteiger partial charge in [-0.1, -0.05) is 30.7 Å². The monoisotopic (exact) mass is 349 g/mol. The van der Waals surface area contributed by atoms with Gasteiger partial charge in [-0.25, -0.2) is 0 Å². The van der Waals surface area contributed by atoms with Gasteiger partial charge in [0.1, 0.15) is 0 Å². The molecule has 2 bridgehead atoms. The first-order valence-corrected chi connectivity index (χ1v) is 8.93. The smallest absolute Gasteiger partial charge is 0.370 e. The Kier molecular flexibility index (Phi) is 3.57. The van der Waals surface area contributed by atoms with Gasteiger partial charge in [-0.3, -0.25) is 4.79 Å². The number of halogens is 3. The maximum atomic E-state index is 13.0. The fraction of sp³-hybridized carbons (Fsp3) is 0.550. The summed E-state index contributed by atoms with van der Waals surface area (Å²) in [6, 6.07) is 5.81. The molecule has 1 saturated carbocycles. The van der Waals surface area contributed by atoms with Crippen molar-refractivity contribution in [2.45, 2.75) is 62.1 Å². The second kappa shape index (κ2) is 5.36. The minimum absolute atomic E-state index is 0.162. The lowest BCUT2D eigenvalue weighted by Crippen LogP contribution is -2.47. The number of Topliss-reactive ketones (excluding diaryl/α,β-unsaturated/α-hetero) is 1. The van der Waals surface area contributed by atoms with Gasteiger partial charge in [0.15, 0.2) is 0 Å². The third-order valence-corrected chi connectivity index (χ3v) is 6.57. The van der Waals surface area contributed by atoms with Crippen LogP contribution >= 0.6 is 0 Å². The molecule has 3 aliphatic rings. The molecule has 1 aromatic carbocycles. The molecule has 4 rings (SSSR count). The Bertz CT molecular complexity index is 754. The Labute approximate surface area is 145 Å². The van der Waals surface area contributed by atoms with Crippen molar-refractivity contribution < 1.29 is 18.0 Å². The third-order valence-electron chi connectivity index (χ3n) is 6.57. The van der Waals surface area contributed by atoms with Gasteiger partial charge in [0.05, 0.1) is 5.92 Å². The number of carbonyl (C=O) groups excluding carboxylic acids is 1. The van der Waals surface area contributed by atoms with Crippen molar-refractivity contribution in [2.75, 3.05) is 11.9 Å². The van der Waals surface area contributed by atoms with Crippen LogP contribution in [0.5, 0.6) is 0 Å². The Morgan fingerprint density at radius 3 is 2.76 bits per heavy atom. The molecule has 1 aromatic rings. The van der Waals surface area contributed by atoms with E-state index in [4.69, 9.17) is 0 Å². The fourth-order valence-electron chi connectivity index (χ4n) is 5.42. The van der Waals surface area contributed by atoms with E-state index >= 15 is 0 Å². The van der Waals surface area contributed by atoms with Gasteiger partial charge in [-0.15, -0.1) is 0 Å². The first-order chi connectivity index (χ1) is 11.8. The van der Waals surface area contributed by atoms with Gasteiger partial charge in [-0.05, 0) is 49.3 Å². The van der Waals surface area contributed by atoms with Crippen molar-refractivity contribution in [2.24, 2.45) is 0 Å². The molecule has 0 saturated heterocycles. The van der Waals surface area contributed by atoms with Gasteiger partial charge in [0.25, 0.3) is 0 Å². The summed E-state index contributed by atoms with van der Waals surface area (Å²) in [5.74, 6) is -2.70. The van der Waals surface area contributed by atoms with E-state index in [0.29, 0.717) is 18.0 Å². The van der Waals surface area contributed by atoms with E-state index in [1.165, 1.54) is 5.57 Å². The Balaban J connectivity index is 1.87. The number of rotatable bonds is 1. The molecule has 134 valence electrons. The lowest BCUT2D eigenvalue weighted by Gasteiger charge is -2.44. The molecular weight excluding hydrogens is 327 g/mol. The molecule has 1 heterocycles. The number of ketones is 1. The number of hydrogen-bond donors (Lipinski definition) is 0. The average molecular weight is 349 g/mol. The van der Waals surface area contributed by atoms with Crippen molar-refractivity contribution >= 4 is 11.5 Å². The molecule has 1 spiro atoms. The minimum Gasteiger partial charge on any atom is -0.370 e. The number of anilines is 1. The summed E-state index contributed by atoms with van der Waals surface area (Å²) in [6.07, 6.45) is 0.00262. The number of fused-ring (bicyclic) bond motifs is 1. The zero-order valence-corrected chi connectivity index (χ0v) is 14.3. The molecule has 1 fully saturated rings. The van der Waals surface area contributed by atoms with Crippen LogP contribution in [0.4, 0.5) is 18.9 Å². The van der Waals surface area contributed by atoms with Crippen molar-refractivity contribution in [3.8, 4) is 0 Å². The normalized spacial score (nSPS) is 31.4. The van der Waals surface area contributed by atoms with E-state index in [-0.39, 0.29) is 11.8 Å². The molecule has 3 atom stereocenters. The summed E-state index contributed by atoms with van der Waals surface area (Å²) in [6.45, 7) is 4.35. The topological polar surface area (TPSA) is 20.3 Å². The molecule has 1 unspecified atom stereocenters. The molecular formula is C20H22F3NO. The Morgan fingerprint density at radius 2 is 2.04 bits per heavy atom. The van der Waals surface area contributed by atoms with E-state index in [9.17, 15) is 18.0 Å². The number of benzene rings is 1. The predicted octanol–water partition coefficient (Wildman–Crippen LogP) is 4.88. The van der Waals surface area contributed by atoms with Crippen molar-refractivity contribution in [3.63, 3.8) is 0 Å². The van der Waals surface area contributed by atoms with Gasteiger partial charge in [0.2, 0.25) is 5.78 Å². The highest BCUT2D eigenvalue weighted by Crippen LogP contribution is 2.57. The van der Waals surface area contributed by atoms with Crippen molar-refractivity contribution in [3.05, 3.63) is 41.5 Å². The highest BCUT2D eigenvalue weighted by atomic mass is 19.4. The summed E-state index contributed by atoms with van der Waals surface area (Å²) in [4.78, 5) is 14.2. The van der Waals surface area contributed by atoms with E-state index in [0.717, 1.165) is 36.9 Å². The van der Waals surface area contributed by atoms with E-state index in [1.54, 1.807) is 6.07 Å². The number of nitrogens with zero attached hydrogens (tertiary/aromatic N) is 1. The van der Waals surface area contributed by atoms with Crippen LogP contribution in [0.3, 0.4) is 0 Å². The standard InChI is InChI=1S/C20H22F3NO/c1-12-5-3-7-17-19(12)10-4-6-14(18(25)20(21,22)23)13-8-9-16(24(17)2)15(19)11-13/h8-9,11,14,17H,1,3-7,10H2,2H3/t14?,17-,19-/m0/s1. The van der Waals surface area contributed by atoms with Crippen LogP contribution in [0.15, 0.2) is 30.4 Å². The Hall–Kier alpha value is -1.78. The second-order valence-corrected chi connectivity index (χ2v) is 7.68. The lowest BCUT2D eigenvalue weighted by atomic mass is 9.61. The van der Waals surface area contributed by atoms with Gasteiger partial charge in [-0.2, -0.15) is 13.2 Å². The Morgan fingerprint density at radius 1 is 1.28 bits per heavy atom. The van der Waals surface area contributed by atoms with Crippen molar-refractivity contribution in [1.29, 1.82) is 0 Å². The highest BCUT2D eigenvalue weighted by Gasteiger charge is 2.54. The average Bonchev–Trinajstić information content (AvgIpc) is 2.78. The third kappa shape index (κ3) is 2.20. The van der Waals surface area contributed by atoms with Gasteiger partial charge < -0.3 is 4.90 Å². The van der Waals surface area contributed by atoms with Gasteiger partial charge in [0, 0.05) is 24.2 Å². The first kappa shape index (κ1) is 16.7. The van der Waals surface area contributed by atoms with Crippen molar-refractivity contribution in [1.82, 2.24) is 0 Å². The molecule has 0 amide bonds. The van der Waals surface area contributed by atoms with E-state index in [2.05, 4.69) is 18.5 Å². The molecule has 2 aliphatic carbocycles. The maximum Gasteiger partial charge on any atom is 0.450 e. The second-order valence-electron chi connectivity index (χ2n) is 7.68. The quantitative estimate of drug-likeness (QED) is 0.674. The van der Waals surface area contributed by atoms with Crippen LogP contribution in [-0.4, -0.2) is 25.0 Å². The van der Waals surface area contributed by atoms with Crippen LogP contribution < -0.4 is 4.90 Å². The van der Waals surface area contributed by atoms with Crippen LogP contribution in [-0.2, 0) is 10.2 Å². The molecule has 1 aliphatic heterocycles. The van der Waals surface area contributed by atoms with Crippen LogP contribution in [0, 0.1) is 0 Å². The molecule has 5 heteroatoms. The van der Waals surface area contributed by atoms with Crippen LogP contribution in [0.2, 0.25) is 0 Å². The summed E-state index contributed by atoms with van der Waals surface area (Å²) < 4.78 is 39.0. The molecule has 0 aromatic heterocycles. The molecule has 0 radical (unpaired) electrons. The van der Waals surface area contributed by atoms with Crippen LogP contribution in [0.25, 0.3) is 0 Å². The molecule has 25 heavy (non-hydrogen) atoms. The molecule has 0 N–H and O–H groups in total. The van der Waals surface area contributed by atoms with E-state index in [1.807, 2.05) is 12.1 Å². The maximum absolute atomic E-state index is 13.0. The van der Waals surface area contributed by atoms with E-state index < -0.39 is 17.9 Å². The summed E-state index contributed by atoms with van der Waals surface area (Å²) >= 11 is 0. The first-order valence-electron chi connectivity index (χ1n) is 8.93. The fourth-order valence-corrected chi connectivity index (χ4v) is 5.42. The highest BCUT2D eigenvalue weighted by molar-refractivity contribution is 5.91. The zero-order valence-electron chi connectivity index (χ0n) is 14.3. The SMILES string of the molecule is C=C1CCC[C@@H]2N(C)c3ccc4cc3[C@]12CCCC4C(=O)C(F)(F)F. The minimum atomic E-state index is -4.78. The summed E-state index contributed by atoms with van der Waals surface area (Å²) in [7, 11) is 2.07. The summed E-state index contributed by atoms with van der Waals surface area (Å²) in [5, 5.41) is 0. The number of likely N-dealkylation sites (N-methyl/N-ethyl adjacent to an activating group) is 1. The summed E-state index contributed by atoms with van der Waals surface area (Å²) in [5.41, 5.74) is 3.71. The predicted molar refractivity (Wildman–Crippen MR) is 91.0 cm³/mol. The zero-order chi connectivity index (χ0) is 18.0. The largest absolute Gasteiger partial charge is 0.450 e.